The van der Waals surface area contributed by atoms with Gasteiger partial charge in [-0.1, -0.05) is 18.9 Å². The number of hydrogen-bond donors (Lipinski definition) is 1. The molecule has 144 valence electrons. The summed E-state index contributed by atoms with van der Waals surface area (Å²) in [5.41, 5.74) is 1.63. The molecule has 1 aliphatic carbocycles. The van der Waals surface area contributed by atoms with E-state index in [0.717, 1.165) is 37.9 Å². The molecule has 6 nitrogen and oxygen atoms in total. The Morgan fingerprint density at radius 1 is 1.11 bits per heavy atom. The van der Waals surface area contributed by atoms with Gasteiger partial charge in [-0.3, -0.25) is 0 Å². The van der Waals surface area contributed by atoms with Crippen LogP contribution in [0, 0.1) is 0 Å². The molecule has 1 aromatic heterocycles. The van der Waals surface area contributed by atoms with E-state index in [1.807, 2.05) is 25.3 Å². The molecule has 2 aliphatic rings. The first-order chi connectivity index (χ1) is 13.0. The van der Waals surface area contributed by atoms with E-state index < -0.39 is 9.84 Å². The Morgan fingerprint density at radius 3 is 2.67 bits per heavy atom. The van der Waals surface area contributed by atoms with E-state index in [1.165, 1.54) is 0 Å². The van der Waals surface area contributed by atoms with Crippen LogP contribution in [0.2, 0.25) is 0 Å². The van der Waals surface area contributed by atoms with Crippen molar-refractivity contribution in [2.45, 2.75) is 55.3 Å². The summed E-state index contributed by atoms with van der Waals surface area (Å²) in [5.74, 6) is 0. The highest BCUT2D eigenvalue weighted by Crippen LogP contribution is 2.31. The molecule has 2 heterocycles. The summed E-state index contributed by atoms with van der Waals surface area (Å²) in [4.78, 5) is 14.9. The smallest absolute Gasteiger partial charge is 0.322 e. The van der Waals surface area contributed by atoms with Gasteiger partial charge in [0, 0.05) is 30.7 Å². The second kappa shape index (κ2) is 7.03. The number of rotatable bonds is 3. The zero-order valence-corrected chi connectivity index (χ0v) is 16.3. The lowest BCUT2D eigenvalue weighted by molar-refractivity contribution is 0.175. The minimum Gasteiger partial charge on any atom is -0.348 e. The van der Waals surface area contributed by atoms with Crippen LogP contribution in [0.25, 0.3) is 0 Å². The zero-order valence-electron chi connectivity index (χ0n) is 15.5. The van der Waals surface area contributed by atoms with Crippen molar-refractivity contribution in [2.75, 3.05) is 11.9 Å². The summed E-state index contributed by atoms with van der Waals surface area (Å²) in [6.07, 6.45) is 5.41. The molecule has 0 saturated heterocycles. The molecule has 0 spiro atoms. The van der Waals surface area contributed by atoms with Crippen molar-refractivity contribution >= 4 is 21.6 Å². The summed E-state index contributed by atoms with van der Waals surface area (Å²) in [5, 5.41) is 2.59. The topological polar surface area (TPSA) is 71.4 Å². The van der Waals surface area contributed by atoms with E-state index >= 15 is 0 Å². The van der Waals surface area contributed by atoms with Gasteiger partial charge >= 0.3 is 6.03 Å². The normalized spacial score (nSPS) is 20.5. The van der Waals surface area contributed by atoms with Gasteiger partial charge in [0.2, 0.25) is 0 Å². The predicted molar refractivity (Wildman–Crippen MR) is 104 cm³/mol. The van der Waals surface area contributed by atoms with E-state index in [0.29, 0.717) is 17.1 Å². The van der Waals surface area contributed by atoms with Crippen LogP contribution in [0.3, 0.4) is 0 Å². The first kappa shape index (κ1) is 18.1. The fourth-order valence-electron chi connectivity index (χ4n) is 4.19. The minimum atomic E-state index is -3.33. The van der Waals surface area contributed by atoms with Gasteiger partial charge in [-0.2, -0.15) is 0 Å². The number of amides is 2. The quantitative estimate of drug-likeness (QED) is 0.870. The number of carbonyl (C=O) groups is 1. The second-order valence-corrected chi connectivity index (χ2v) is 9.63. The maximum absolute atomic E-state index is 12.8. The van der Waals surface area contributed by atoms with Crippen LogP contribution in [-0.2, 0) is 16.4 Å². The number of anilines is 1. The van der Waals surface area contributed by atoms with Gasteiger partial charge < -0.3 is 14.8 Å². The van der Waals surface area contributed by atoms with Crippen LogP contribution in [0.4, 0.5) is 10.5 Å². The van der Waals surface area contributed by atoms with Gasteiger partial charge in [-0.25, -0.2) is 13.2 Å². The zero-order chi connectivity index (χ0) is 19.0. The van der Waals surface area contributed by atoms with E-state index in [-0.39, 0.29) is 17.3 Å². The molecule has 1 aliphatic heterocycles. The highest BCUT2D eigenvalue weighted by atomic mass is 32.2. The number of urea groups is 1. The maximum atomic E-state index is 12.8. The minimum absolute atomic E-state index is 0.0286. The van der Waals surface area contributed by atoms with Crippen molar-refractivity contribution in [1.82, 2.24) is 9.47 Å². The van der Waals surface area contributed by atoms with E-state index in [4.69, 9.17) is 0 Å². The molecule has 0 radical (unpaired) electrons. The average molecular weight is 388 g/mol. The van der Waals surface area contributed by atoms with Crippen molar-refractivity contribution in [3.8, 4) is 0 Å². The number of nitrogens with zero attached hydrogens (tertiary/aromatic N) is 2. The van der Waals surface area contributed by atoms with Crippen molar-refractivity contribution in [2.24, 2.45) is 0 Å². The molecule has 2 aromatic rings. The Hall–Kier alpha value is -2.28. The number of sulfone groups is 1. The number of benzene rings is 1. The molecule has 27 heavy (non-hydrogen) atoms. The summed E-state index contributed by atoms with van der Waals surface area (Å²) in [7, 11) is -3.33. The number of hydrogen-bond acceptors (Lipinski definition) is 3. The Balaban J connectivity index is 1.51. The molecule has 1 atom stereocenters. The largest absolute Gasteiger partial charge is 0.348 e. The van der Waals surface area contributed by atoms with Crippen molar-refractivity contribution in [3.63, 3.8) is 0 Å². The van der Waals surface area contributed by atoms with Gasteiger partial charge in [0.1, 0.15) is 0 Å². The van der Waals surface area contributed by atoms with E-state index in [1.54, 1.807) is 29.2 Å². The Kier molecular flexibility index (Phi) is 4.72. The fraction of sp³-hybridized carbons (Fsp3) is 0.450. The third kappa shape index (κ3) is 3.36. The highest BCUT2D eigenvalue weighted by Gasteiger charge is 2.31. The van der Waals surface area contributed by atoms with Crippen molar-refractivity contribution in [3.05, 3.63) is 48.3 Å². The number of fused-ring (bicyclic) bond motifs is 1. The van der Waals surface area contributed by atoms with Crippen LogP contribution in [0.15, 0.2) is 47.5 Å². The first-order valence-electron chi connectivity index (χ1n) is 9.53. The summed E-state index contributed by atoms with van der Waals surface area (Å²) >= 11 is 0. The third-order valence-electron chi connectivity index (χ3n) is 5.76. The molecular formula is C20H25N3O3S. The summed E-state index contributed by atoms with van der Waals surface area (Å²) in [6, 6.07) is 10.4. The highest BCUT2D eigenvalue weighted by molar-refractivity contribution is 7.92. The molecule has 2 amide bonds. The average Bonchev–Trinajstić information content (AvgIpc) is 3.34. The Bertz CT molecular complexity index is 945. The lowest BCUT2D eigenvalue weighted by Crippen LogP contribution is -2.43. The summed E-state index contributed by atoms with van der Waals surface area (Å²) in [6.45, 7) is 3.39. The standard InChI is InChI=1S/C20H25N3O3S/c1-15-19-10-5-11-22(19)12-13-23(15)20(24)21-16-6-4-9-18(14-16)27(25,26)17-7-2-3-8-17/h4-6,9-11,14-15,17H,2-3,7-8,12-13H2,1H3,(H,21,24)/t15-/m0/s1. The van der Waals surface area contributed by atoms with Crippen LogP contribution < -0.4 is 5.32 Å². The van der Waals surface area contributed by atoms with Crippen molar-refractivity contribution < 1.29 is 13.2 Å². The third-order valence-corrected chi connectivity index (χ3v) is 8.02. The molecule has 1 saturated carbocycles. The van der Waals surface area contributed by atoms with E-state index in [2.05, 4.69) is 9.88 Å². The Morgan fingerprint density at radius 2 is 1.89 bits per heavy atom. The van der Waals surface area contributed by atoms with Gasteiger partial charge in [0.15, 0.2) is 9.84 Å². The molecule has 1 fully saturated rings. The monoisotopic (exact) mass is 387 g/mol. The van der Waals surface area contributed by atoms with Gasteiger partial charge in [-0.05, 0) is 50.1 Å². The molecule has 0 bridgehead atoms. The van der Waals surface area contributed by atoms with Crippen LogP contribution in [0.5, 0.6) is 0 Å². The predicted octanol–water partition coefficient (Wildman–Crippen LogP) is 3.81. The van der Waals surface area contributed by atoms with Gasteiger partial charge in [0.05, 0.1) is 16.2 Å². The lowest BCUT2D eigenvalue weighted by atomic mass is 10.1. The molecule has 4 rings (SSSR count). The first-order valence-corrected chi connectivity index (χ1v) is 11.1. The molecule has 7 heteroatoms. The maximum Gasteiger partial charge on any atom is 0.322 e. The summed E-state index contributed by atoms with van der Waals surface area (Å²) < 4.78 is 27.8. The SMILES string of the molecule is C[C@H]1c2cccn2CCN1C(=O)Nc1cccc(S(=O)(=O)C2CCCC2)c1. The van der Waals surface area contributed by atoms with Crippen molar-refractivity contribution in [1.29, 1.82) is 0 Å². The lowest BCUT2D eigenvalue weighted by Gasteiger charge is -2.34. The van der Waals surface area contributed by atoms with Crippen LogP contribution >= 0.6 is 0 Å². The van der Waals surface area contributed by atoms with Gasteiger partial charge in [-0.15, -0.1) is 0 Å². The molecular weight excluding hydrogens is 362 g/mol. The fourth-order valence-corrected chi connectivity index (χ4v) is 6.09. The molecule has 1 N–H and O–H groups in total. The number of carbonyl (C=O) groups excluding carboxylic acids is 1. The Labute approximate surface area is 160 Å². The van der Waals surface area contributed by atoms with Crippen LogP contribution in [0.1, 0.15) is 44.3 Å². The number of nitrogens with one attached hydrogen (secondary N) is 1. The van der Waals surface area contributed by atoms with Gasteiger partial charge in [0.25, 0.3) is 0 Å². The molecule has 1 aromatic carbocycles. The van der Waals surface area contributed by atoms with E-state index in [9.17, 15) is 13.2 Å². The molecule has 0 unspecified atom stereocenters. The second-order valence-electron chi connectivity index (χ2n) is 7.41. The number of aromatic nitrogens is 1. The van der Waals surface area contributed by atoms with Crippen LogP contribution in [-0.4, -0.2) is 35.7 Å².